The normalized spacial score (nSPS) is 22.5. The Bertz CT molecular complexity index is 465. The average molecular weight is 274 g/mol. The minimum absolute atomic E-state index is 0.0352. The molecule has 17 heavy (non-hydrogen) atoms. The molecule has 0 amide bonds. The van der Waals surface area contributed by atoms with Gasteiger partial charge in [0.1, 0.15) is 9.84 Å². The van der Waals surface area contributed by atoms with Crippen LogP contribution in [0.1, 0.15) is 35.7 Å². The monoisotopic (exact) mass is 274 g/mol. The SMILES string of the molecule is CC(N)c1cnc(CC2CCS(=O)(=O)CC2)s1. The Labute approximate surface area is 106 Å². The molecule has 2 heterocycles. The van der Waals surface area contributed by atoms with E-state index in [1.165, 1.54) is 0 Å². The van der Waals surface area contributed by atoms with Gasteiger partial charge in [0.25, 0.3) is 0 Å². The highest BCUT2D eigenvalue weighted by Gasteiger charge is 2.24. The lowest BCUT2D eigenvalue weighted by Crippen LogP contribution is -2.24. The van der Waals surface area contributed by atoms with Gasteiger partial charge in [0.2, 0.25) is 0 Å². The lowest BCUT2D eigenvalue weighted by atomic mass is 9.99. The predicted molar refractivity (Wildman–Crippen MR) is 69.8 cm³/mol. The van der Waals surface area contributed by atoms with Crippen LogP contribution in [0.2, 0.25) is 0 Å². The molecule has 4 nitrogen and oxygen atoms in total. The maximum absolute atomic E-state index is 11.3. The zero-order valence-electron chi connectivity index (χ0n) is 9.93. The first-order valence-corrected chi connectivity index (χ1v) is 8.50. The molecule has 0 saturated carbocycles. The summed E-state index contributed by atoms with van der Waals surface area (Å²) in [6.07, 6.45) is 4.28. The topological polar surface area (TPSA) is 73.0 Å². The van der Waals surface area contributed by atoms with Gasteiger partial charge in [0.05, 0.1) is 16.5 Å². The summed E-state index contributed by atoms with van der Waals surface area (Å²) in [5.41, 5.74) is 5.79. The second kappa shape index (κ2) is 5.04. The number of nitrogens with zero attached hydrogens (tertiary/aromatic N) is 1. The molecule has 6 heteroatoms. The van der Waals surface area contributed by atoms with Crippen molar-refractivity contribution in [3.63, 3.8) is 0 Å². The fourth-order valence-electron chi connectivity index (χ4n) is 2.02. The number of rotatable bonds is 3. The number of thiazole rings is 1. The summed E-state index contributed by atoms with van der Waals surface area (Å²) in [6.45, 7) is 1.95. The van der Waals surface area contributed by atoms with Crippen LogP contribution in [0.25, 0.3) is 0 Å². The maximum Gasteiger partial charge on any atom is 0.150 e. The number of hydrogen-bond acceptors (Lipinski definition) is 5. The molecule has 1 unspecified atom stereocenters. The number of sulfone groups is 1. The Morgan fingerprint density at radius 1 is 1.53 bits per heavy atom. The largest absolute Gasteiger partial charge is 0.323 e. The first-order valence-electron chi connectivity index (χ1n) is 5.87. The predicted octanol–water partition coefficient (Wildman–Crippen LogP) is 1.53. The van der Waals surface area contributed by atoms with E-state index in [1.54, 1.807) is 11.3 Å². The van der Waals surface area contributed by atoms with Gasteiger partial charge in [-0.2, -0.15) is 0 Å². The summed E-state index contributed by atoms with van der Waals surface area (Å²) in [5.74, 6) is 1.14. The van der Waals surface area contributed by atoms with E-state index in [0.29, 0.717) is 17.4 Å². The van der Waals surface area contributed by atoms with Crippen LogP contribution in [-0.2, 0) is 16.3 Å². The molecular weight excluding hydrogens is 256 g/mol. The van der Waals surface area contributed by atoms with Crippen LogP contribution in [0.15, 0.2) is 6.20 Å². The summed E-state index contributed by atoms with van der Waals surface area (Å²) in [7, 11) is -2.75. The highest BCUT2D eigenvalue weighted by Crippen LogP contribution is 2.26. The zero-order valence-corrected chi connectivity index (χ0v) is 11.6. The quantitative estimate of drug-likeness (QED) is 0.907. The molecule has 2 rings (SSSR count). The second-order valence-corrected chi connectivity index (χ2v) is 8.19. The van der Waals surface area contributed by atoms with E-state index in [2.05, 4.69) is 4.98 Å². The van der Waals surface area contributed by atoms with E-state index in [1.807, 2.05) is 13.1 Å². The second-order valence-electron chi connectivity index (χ2n) is 4.74. The van der Waals surface area contributed by atoms with Gasteiger partial charge in [-0.1, -0.05) is 0 Å². The molecule has 0 aliphatic carbocycles. The van der Waals surface area contributed by atoms with Crippen molar-refractivity contribution in [2.75, 3.05) is 11.5 Å². The number of nitrogens with two attached hydrogens (primary N) is 1. The third-order valence-corrected chi connectivity index (χ3v) is 6.09. The van der Waals surface area contributed by atoms with E-state index in [-0.39, 0.29) is 6.04 Å². The van der Waals surface area contributed by atoms with E-state index < -0.39 is 9.84 Å². The smallest absolute Gasteiger partial charge is 0.150 e. The van der Waals surface area contributed by atoms with Gasteiger partial charge in [-0.3, -0.25) is 0 Å². The summed E-state index contributed by atoms with van der Waals surface area (Å²) in [4.78, 5) is 5.46. The van der Waals surface area contributed by atoms with Crippen molar-refractivity contribution in [2.24, 2.45) is 11.7 Å². The molecule has 2 N–H and O–H groups in total. The summed E-state index contributed by atoms with van der Waals surface area (Å²) < 4.78 is 22.6. The molecule has 1 atom stereocenters. The standard InChI is InChI=1S/C11H18N2O2S2/c1-8(12)10-7-13-11(16-10)6-9-2-4-17(14,15)5-3-9/h7-9H,2-6,12H2,1H3. The van der Waals surface area contributed by atoms with Crippen molar-refractivity contribution in [3.8, 4) is 0 Å². The molecule has 96 valence electrons. The molecule has 1 aliphatic rings. The molecule has 1 aromatic rings. The van der Waals surface area contributed by atoms with Crippen molar-refractivity contribution >= 4 is 21.2 Å². The number of hydrogen-bond donors (Lipinski definition) is 1. The van der Waals surface area contributed by atoms with Gasteiger partial charge in [0, 0.05) is 23.5 Å². The molecule has 0 radical (unpaired) electrons. The van der Waals surface area contributed by atoms with Gasteiger partial charge in [0.15, 0.2) is 0 Å². The Morgan fingerprint density at radius 3 is 2.71 bits per heavy atom. The van der Waals surface area contributed by atoms with Crippen molar-refractivity contribution in [3.05, 3.63) is 16.1 Å². The van der Waals surface area contributed by atoms with E-state index in [9.17, 15) is 8.42 Å². The van der Waals surface area contributed by atoms with Crippen molar-refractivity contribution in [2.45, 2.75) is 32.2 Å². The maximum atomic E-state index is 11.3. The van der Waals surface area contributed by atoms with Crippen LogP contribution in [-0.4, -0.2) is 24.9 Å². The van der Waals surface area contributed by atoms with Crippen molar-refractivity contribution in [1.82, 2.24) is 4.98 Å². The molecule has 0 bridgehead atoms. The van der Waals surface area contributed by atoms with Crippen molar-refractivity contribution in [1.29, 1.82) is 0 Å². The van der Waals surface area contributed by atoms with Gasteiger partial charge >= 0.3 is 0 Å². The highest BCUT2D eigenvalue weighted by molar-refractivity contribution is 7.91. The van der Waals surface area contributed by atoms with Gasteiger partial charge in [-0.15, -0.1) is 11.3 Å². The van der Waals surface area contributed by atoms with Crippen LogP contribution in [0.5, 0.6) is 0 Å². The zero-order chi connectivity index (χ0) is 12.5. The minimum Gasteiger partial charge on any atom is -0.323 e. The lowest BCUT2D eigenvalue weighted by molar-refractivity contribution is 0.462. The minimum atomic E-state index is -2.75. The fraction of sp³-hybridized carbons (Fsp3) is 0.727. The highest BCUT2D eigenvalue weighted by atomic mass is 32.2. The lowest BCUT2D eigenvalue weighted by Gasteiger charge is -2.20. The first kappa shape index (κ1) is 13.0. The molecule has 0 spiro atoms. The summed E-state index contributed by atoms with van der Waals surface area (Å²) in [5, 5.41) is 1.08. The van der Waals surface area contributed by atoms with Gasteiger partial charge < -0.3 is 5.73 Å². The molecule has 1 aliphatic heterocycles. The molecule has 1 saturated heterocycles. The van der Waals surface area contributed by atoms with E-state index in [0.717, 1.165) is 29.1 Å². The summed E-state index contributed by atoms with van der Waals surface area (Å²) >= 11 is 1.65. The van der Waals surface area contributed by atoms with E-state index >= 15 is 0 Å². The Balaban J connectivity index is 1.93. The number of aromatic nitrogens is 1. The van der Waals surface area contributed by atoms with Crippen molar-refractivity contribution < 1.29 is 8.42 Å². The first-order chi connectivity index (χ1) is 7.96. The third kappa shape index (κ3) is 3.50. The van der Waals surface area contributed by atoms with Crippen LogP contribution in [0.4, 0.5) is 0 Å². The third-order valence-electron chi connectivity index (χ3n) is 3.16. The Kier molecular flexibility index (Phi) is 3.85. The van der Waals surface area contributed by atoms with Gasteiger partial charge in [-0.25, -0.2) is 13.4 Å². The van der Waals surface area contributed by atoms with Gasteiger partial charge in [-0.05, 0) is 25.7 Å². The van der Waals surface area contributed by atoms with Crippen LogP contribution >= 0.6 is 11.3 Å². The van der Waals surface area contributed by atoms with Crippen LogP contribution in [0.3, 0.4) is 0 Å². The Hall–Kier alpha value is -0.460. The fourth-order valence-corrected chi connectivity index (χ4v) is 4.60. The molecular formula is C11H18N2O2S2. The van der Waals surface area contributed by atoms with Crippen LogP contribution < -0.4 is 5.73 Å². The Morgan fingerprint density at radius 2 is 2.18 bits per heavy atom. The molecule has 0 aromatic carbocycles. The molecule has 1 aromatic heterocycles. The summed E-state index contributed by atoms with van der Waals surface area (Å²) in [6, 6.07) is 0.0352. The molecule has 1 fully saturated rings. The average Bonchev–Trinajstić information content (AvgIpc) is 2.70. The van der Waals surface area contributed by atoms with Crippen LogP contribution in [0, 0.1) is 5.92 Å². The van der Waals surface area contributed by atoms with E-state index in [4.69, 9.17) is 5.73 Å².